The number of nitrogens with one attached hydrogen (secondary N) is 1. The van der Waals surface area contributed by atoms with E-state index in [1.165, 1.54) is 18.1 Å². The highest BCUT2D eigenvalue weighted by molar-refractivity contribution is 7.88. The van der Waals surface area contributed by atoms with Gasteiger partial charge in [0.1, 0.15) is 28.7 Å². The minimum Gasteiger partial charge on any atom is -0.367 e. The molecular weight excluding hydrogens is 650 g/mol. The second-order valence-corrected chi connectivity index (χ2v) is 15.8. The zero-order valence-electron chi connectivity index (χ0n) is 26.7. The number of hydrogen-bond donors (Lipinski definition) is 1. The van der Waals surface area contributed by atoms with E-state index in [0.717, 1.165) is 66.8 Å². The highest BCUT2D eigenvalue weighted by atomic mass is 32.2. The molecule has 2 aliphatic rings. The molecule has 5 heterocycles. The largest absolute Gasteiger partial charge is 0.393 e. The molecule has 0 spiro atoms. The molecule has 6 rings (SSSR count). The summed E-state index contributed by atoms with van der Waals surface area (Å²) in [7, 11) is -3.22. The van der Waals surface area contributed by atoms with Crippen LogP contribution in [0.2, 0.25) is 0 Å². The van der Waals surface area contributed by atoms with Gasteiger partial charge in [0.2, 0.25) is 10.0 Å². The molecule has 1 atom stereocenters. The van der Waals surface area contributed by atoms with Crippen LogP contribution in [0, 0.1) is 18.3 Å². The lowest BCUT2D eigenvalue weighted by Crippen LogP contribution is -2.54. The average Bonchev–Trinajstić information content (AvgIpc) is 3.58. The molecule has 2 aliphatic heterocycles. The second-order valence-electron chi connectivity index (χ2n) is 12.7. The number of aromatic nitrogens is 3. The molecule has 252 valence electrons. The third kappa shape index (κ3) is 7.57. The average molecular weight is 689 g/mol. The van der Waals surface area contributed by atoms with Gasteiger partial charge in [-0.2, -0.15) is 22.7 Å². The molecule has 2 saturated heterocycles. The van der Waals surface area contributed by atoms with Crippen molar-refractivity contribution in [3.63, 3.8) is 0 Å². The van der Waals surface area contributed by atoms with Gasteiger partial charge in [0.15, 0.2) is 0 Å². The van der Waals surface area contributed by atoms with E-state index in [1.807, 2.05) is 13.0 Å². The van der Waals surface area contributed by atoms with E-state index < -0.39 is 22.6 Å². The highest BCUT2D eigenvalue weighted by Crippen LogP contribution is 2.33. The molecule has 0 bridgehead atoms. The summed E-state index contributed by atoms with van der Waals surface area (Å²) in [5, 5.41) is 15.1. The molecule has 3 aromatic heterocycles. The highest BCUT2D eigenvalue weighted by Gasteiger charge is 2.31. The van der Waals surface area contributed by atoms with Gasteiger partial charge in [-0.05, 0) is 56.0 Å². The van der Waals surface area contributed by atoms with Crippen molar-refractivity contribution in [2.45, 2.75) is 64.5 Å². The van der Waals surface area contributed by atoms with E-state index in [4.69, 9.17) is 0 Å². The van der Waals surface area contributed by atoms with Crippen LogP contribution in [0.4, 0.5) is 19.0 Å². The zero-order chi connectivity index (χ0) is 33.5. The fourth-order valence-electron chi connectivity index (χ4n) is 6.95. The summed E-state index contributed by atoms with van der Waals surface area (Å²) in [6.45, 7) is 9.71. The predicted octanol–water partition coefficient (Wildman–Crippen LogP) is 4.97. The number of piperazine rings is 1. The standard InChI is InChI=1S/C32H39F3N8O2S2/c1-21-18-41(11-13-43(21)47(3,44)45)10-12-42-25(17-36)14-27-22(2)23(4-5-29(27)42)19-40-8-6-24(7-9-40)39-30-28-15-26(16-32(33,34)35)46-31(28)38-20-37-30/h4-5,14-15,20-21,24H,6-13,16,18-19H2,1-3H3,(H,37,38,39). The molecule has 1 unspecified atom stereocenters. The van der Waals surface area contributed by atoms with Crippen LogP contribution in [-0.4, -0.2) is 101 Å². The van der Waals surface area contributed by atoms with Gasteiger partial charge >= 0.3 is 6.18 Å². The fourth-order valence-corrected chi connectivity index (χ4v) is 9.11. The number of piperidine rings is 1. The van der Waals surface area contributed by atoms with Crippen molar-refractivity contribution < 1.29 is 21.6 Å². The van der Waals surface area contributed by atoms with Crippen LogP contribution in [0.3, 0.4) is 0 Å². The zero-order valence-corrected chi connectivity index (χ0v) is 28.4. The molecule has 15 heteroatoms. The third-order valence-electron chi connectivity index (χ3n) is 9.38. The maximum Gasteiger partial charge on any atom is 0.393 e. The van der Waals surface area contributed by atoms with Gasteiger partial charge in [-0.1, -0.05) is 6.07 Å². The number of nitriles is 1. The topological polar surface area (TPSA) is 110 Å². The molecule has 0 aliphatic carbocycles. The van der Waals surface area contributed by atoms with Gasteiger partial charge in [-0.15, -0.1) is 11.3 Å². The molecule has 47 heavy (non-hydrogen) atoms. The van der Waals surface area contributed by atoms with E-state index >= 15 is 0 Å². The Balaban J connectivity index is 1.07. The van der Waals surface area contributed by atoms with Gasteiger partial charge in [0, 0.05) is 80.2 Å². The number of hydrogen-bond acceptors (Lipinski definition) is 9. The lowest BCUT2D eigenvalue weighted by molar-refractivity contribution is -0.126. The summed E-state index contributed by atoms with van der Waals surface area (Å²) in [5.41, 5.74) is 4.01. The van der Waals surface area contributed by atoms with Crippen LogP contribution >= 0.6 is 11.3 Å². The van der Waals surface area contributed by atoms with Gasteiger partial charge in [-0.25, -0.2) is 18.4 Å². The van der Waals surface area contributed by atoms with Crippen molar-refractivity contribution in [1.82, 2.24) is 28.6 Å². The lowest BCUT2D eigenvalue weighted by Gasteiger charge is -2.38. The Morgan fingerprint density at radius 2 is 1.83 bits per heavy atom. The van der Waals surface area contributed by atoms with Gasteiger partial charge in [0.05, 0.1) is 18.1 Å². The predicted molar refractivity (Wildman–Crippen MR) is 178 cm³/mol. The van der Waals surface area contributed by atoms with Gasteiger partial charge in [0.25, 0.3) is 0 Å². The third-order valence-corrected chi connectivity index (χ3v) is 11.8. The first-order chi connectivity index (χ1) is 22.3. The van der Waals surface area contributed by atoms with E-state index in [-0.39, 0.29) is 17.0 Å². The van der Waals surface area contributed by atoms with Crippen molar-refractivity contribution in [2.24, 2.45) is 0 Å². The number of aryl methyl sites for hydroxylation is 1. The Labute approximate surface area is 276 Å². The number of halogens is 3. The number of alkyl halides is 3. The number of nitrogens with zero attached hydrogens (tertiary/aromatic N) is 7. The molecule has 0 radical (unpaired) electrons. The Morgan fingerprint density at radius 3 is 2.51 bits per heavy atom. The fraction of sp³-hybridized carbons (Fsp3) is 0.531. The number of anilines is 1. The first kappa shape index (κ1) is 33.6. The summed E-state index contributed by atoms with van der Waals surface area (Å²) in [4.78, 5) is 14.0. The minimum atomic E-state index is -4.26. The summed E-state index contributed by atoms with van der Waals surface area (Å²) in [6.07, 6.45) is -0.824. The van der Waals surface area contributed by atoms with E-state index in [1.54, 1.807) is 10.4 Å². The first-order valence-corrected chi connectivity index (χ1v) is 18.5. The van der Waals surface area contributed by atoms with E-state index in [2.05, 4.69) is 54.8 Å². The van der Waals surface area contributed by atoms with Crippen molar-refractivity contribution in [1.29, 1.82) is 5.26 Å². The van der Waals surface area contributed by atoms with Gasteiger partial charge < -0.3 is 9.88 Å². The summed E-state index contributed by atoms with van der Waals surface area (Å²) in [6, 6.07) is 10.2. The molecule has 0 amide bonds. The molecular formula is C32H39F3N8O2S2. The van der Waals surface area contributed by atoms with Crippen molar-refractivity contribution >= 4 is 48.3 Å². The van der Waals surface area contributed by atoms with Crippen molar-refractivity contribution in [3.8, 4) is 6.07 Å². The number of fused-ring (bicyclic) bond motifs is 2. The molecule has 2 fully saturated rings. The van der Waals surface area contributed by atoms with Crippen molar-refractivity contribution in [3.05, 3.63) is 52.3 Å². The van der Waals surface area contributed by atoms with Crippen molar-refractivity contribution in [2.75, 3.05) is 50.8 Å². The van der Waals surface area contributed by atoms with E-state index in [9.17, 15) is 26.9 Å². The summed E-state index contributed by atoms with van der Waals surface area (Å²) in [5.74, 6) is 0.586. The monoisotopic (exact) mass is 688 g/mol. The van der Waals surface area contributed by atoms with Crippen LogP contribution < -0.4 is 5.32 Å². The number of sulfonamides is 1. The smallest absolute Gasteiger partial charge is 0.367 e. The number of thiophene rings is 1. The number of benzene rings is 1. The second kappa shape index (κ2) is 13.3. The maximum atomic E-state index is 12.9. The quantitative estimate of drug-likeness (QED) is 0.263. The molecule has 0 saturated carbocycles. The van der Waals surface area contributed by atoms with Gasteiger partial charge in [-0.3, -0.25) is 9.80 Å². The Kier molecular flexibility index (Phi) is 9.52. The Morgan fingerprint density at radius 1 is 1.06 bits per heavy atom. The molecule has 1 N–H and O–H groups in total. The van der Waals surface area contributed by atoms with Crippen LogP contribution in [0.1, 0.15) is 41.5 Å². The summed E-state index contributed by atoms with van der Waals surface area (Å²) < 4.78 is 66.5. The molecule has 10 nitrogen and oxygen atoms in total. The number of rotatable bonds is 9. The SMILES string of the molecule is Cc1c(CN2CCC(Nc3ncnc4sc(CC(F)(F)F)cc34)CC2)ccc2c1cc(C#N)n2CCN1CCN(S(C)(=O)=O)C(C)C1. The minimum absolute atomic E-state index is 0.0923. The lowest BCUT2D eigenvalue weighted by atomic mass is 10.0. The molecule has 4 aromatic rings. The Bertz CT molecular complexity index is 1910. The van der Waals surface area contributed by atoms with Crippen LogP contribution in [-0.2, 0) is 29.5 Å². The van der Waals surface area contributed by atoms with Crippen LogP contribution in [0.15, 0.2) is 30.6 Å². The number of likely N-dealkylation sites (tertiary alicyclic amines) is 1. The van der Waals surface area contributed by atoms with E-state index in [0.29, 0.717) is 47.9 Å². The Hall–Kier alpha value is -3.29. The first-order valence-electron chi connectivity index (χ1n) is 15.8. The normalized spacial score (nSPS) is 19.5. The molecule has 1 aromatic carbocycles. The van der Waals surface area contributed by atoms with Crippen LogP contribution in [0.5, 0.6) is 0 Å². The summed E-state index contributed by atoms with van der Waals surface area (Å²) >= 11 is 1.06. The van der Waals surface area contributed by atoms with Crippen LogP contribution in [0.25, 0.3) is 21.1 Å². The maximum absolute atomic E-state index is 12.9.